The van der Waals surface area contributed by atoms with E-state index >= 15 is 0 Å². The van der Waals surface area contributed by atoms with Gasteiger partial charge < -0.3 is 0 Å². The number of hydrogen-bond donors (Lipinski definition) is 4. The van der Waals surface area contributed by atoms with Gasteiger partial charge in [0.1, 0.15) is 0 Å². The summed E-state index contributed by atoms with van der Waals surface area (Å²) in [5.41, 5.74) is 0. The minimum atomic E-state index is -4.77. The van der Waals surface area contributed by atoms with Gasteiger partial charge in [0, 0.05) is 0 Å². The van der Waals surface area contributed by atoms with Crippen LogP contribution in [0.5, 0.6) is 0 Å². The molecule has 0 unspecified atom stereocenters. The molecule has 5 nitrogen and oxygen atoms in total. The van der Waals surface area contributed by atoms with Gasteiger partial charge in [0.05, 0.1) is 0 Å². The summed E-state index contributed by atoms with van der Waals surface area (Å²) in [4.78, 5) is 0. The molecule has 0 bridgehead atoms. The molecule has 0 aliphatic heterocycles. The van der Waals surface area contributed by atoms with Crippen LogP contribution in [-0.2, 0) is 21.5 Å². The number of rotatable bonds is 3. The maximum atomic E-state index is 8.11. The zero-order chi connectivity index (χ0) is 12.6. The van der Waals surface area contributed by atoms with Crippen LogP contribution in [0.15, 0.2) is 39.5 Å². The second kappa shape index (κ2) is 23.0. The van der Waals surface area contributed by atoms with Gasteiger partial charge in [0.2, 0.25) is 0 Å². The molecule has 0 aromatic rings. The van der Waals surface area contributed by atoms with E-state index < -0.39 is 18.1 Å². The molecule has 0 heterocycles. The topological polar surface area (TPSA) is 90.2 Å². The van der Waals surface area contributed by atoms with Crippen LogP contribution in [0.1, 0.15) is 0 Å². The van der Waals surface area contributed by atoms with Gasteiger partial charge in [-0.3, -0.25) is 0 Å². The fourth-order valence-corrected chi connectivity index (χ4v) is 0.753. The van der Waals surface area contributed by atoms with E-state index in [2.05, 4.69) is 42.8 Å². The second-order valence-electron chi connectivity index (χ2n) is 1.15. The third kappa shape index (κ3) is 60.3. The van der Waals surface area contributed by atoms with Gasteiger partial charge in [0.15, 0.2) is 0 Å². The predicted octanol–water partition coefficient (Wildman–Crippen LogP) is 0.193. The van der Waals surface area contributed by atoms with Crippen LogP contribution < -0.4 is 0 Å². The van der Waals surface area contributed by atoms with Crippen molar-refractivity contribution in [1.82, 2.24) is 0 Å². The van der Waals surface area contributed by atoms with Crippen LogP contribution in [0.2, 0.25) is 0 Å². The van der Waals surface area contributed by atoms with Gasteiger partial charge in [-0.25, -0.2) is 0 Å². The molecule has 0 saturated carbocycles. The Balaban J connectivity index is -0.0000000708. The van der Waals surface area contributed by atoms with Gasteiger partial charge in [-0.2, -0.15) is 0 Å². The van der Waals surface area contributed by atoms with E-state index in [0.717, 1.165) is 0 Å². The summed E-state index contributed by atoms with van der Waals surface area (Å²) in [5.74, 6) is 0. The van der Waals surface area contributed by atoms with Gasteiger partial charge in [0.25, 0.3) is 0 Å². The SMILES string of the molecule is C=C.C=C.C=C.OCC[O][Ti]([OH])([OH])[OH]. The Labute approximate surface area is 90.6 Å². The van der Waals surface area contributed by atoms with E-state index in [9.17, 15) is 0 Å². The van der Waals surface area contributed by atoms with Crippen molar-refractivity contribution in [2.24, 2.45) is 0 Å². The summed E-state index contributed by atoms with van der Waals surface area (Å²) in [6.07, 6.45) is 0. The minimum absolute atomic E-state index is 0.233. The Morgan fingerprint density at radius 2 is 1.14 bits per heavy atom. The molecule has 86 valence electrons. The Kier molecular flexibility index (Phi) is 38.6. The van der Waals surface area contributed by atoms with E-state index in [-0.39, 0.29) is 13.2 Å². The molecule has 4 N–H and O–H groups in total. The van der Waals surface area contributed by atoms with Crippen LogP contribution in [0.3, 0.4) is 0 Å². The number of aliphatic hydroxyl groups excluding tert-OH is 1. The van der Waals surface area contributed by atoms with Crippen molar-refractivity contribution in [3.8, 4) is 0 Å². The summed E-state index contributed by atoms with van der Waals surface area (Å²) in [6.45, 7) is 17.4. The molecule has 0 aliphatic rings. The first-order valence-corrected chi connectivity index (χ1v) is 6.21. The first-order chi connectivity index (χ1) is 6.56. The molecule has 0 rings (SSSR count). The normalized spacial score (nSPS) is 7.71. The quantitative estimate of drug-likeness (QED) is 0.420. The molecule has 14 heavy (non-hydrogen) atoms. The Hall–Kier alpha value is -0.266. The first kappa shape index (κ1) is 23.5. The van der Waals surface area contributed by atoms with Crippen LogP contribution in [0.25, 0.3) is 0 Å². The standard InChI is InChI=1S/C2H5O2.3C2H4.3H2O.Ti/c3-1-2-4;3*1-2;;;;/h3H,1-2H2;3*1-2H2;3*1H2;/q-1;;;;;;;+4/p-3. The monoisotopic (exact) mass is 244 g/mol. The van der Waals surface area contributed by atoms with Crippen molar-refractivity contribution < 1.29 is 37.6 Å². The molecule has 0 spiro atoms. The Morgan fingerprint density at radius 3 is 1.21 bits per heavy atom. The summed E-state index contributed by atoms with van der Waals surface area (Å²) in [6, 6.07) is 0. The van der Waals surface area contributed by atoms with E-state index in [1.165, 1.54) is 0 Å². The fourth-order valence-electron chi connectivity index (χ4n) is 0.183. The van der Waals surface area contributed by atoms with Crippen molar-refractivity contribution in [2.45, 2.75) is 0 Å². The molecular formula is C8H20O5Ti. The number of hydrogen-bond acceptors (Lipinski definition) is 5. The predicted molar refractivity (Wildman–Crippen MR) is 53.5 cm³/mol. The molecule has 0 aromatic heterocycles. The molecule has 0 radical (unpaired) electrons. The van der Waals surface area contributed by atoms with Crippen LogP contribution in [0, 0.1) is 0 Å². The summed E-state index contributed by atoms with van der Waals surface area (Å²) >= 11 is -4.77. The second-order valence-corrected chi connectivity index (χ2v) is 3.39. The van der Waals surface area contributed by atoms with Gasteiger partial charge in [-0.05, 0) is 0 Å². The van der Waals surface area contributed by atoms with Gasteiger partial charge in [-0.1, -0.05) is 0 Å². The van der Waals surface area contributed by atoms with E-state index in [1.807, 2.05) is 0 Å². The summed E-state index contributed by atoms with van der Waals surface area (Å²) in [7, 11) is 0. The van der Waals surface area contributed by atoms with Crippen LogP contribution >= 0.6 is 0 Å². The van der Waals surface area contributed by atoms with Crippen molar-refractivity contribution in [3.05, 3.63) is 39.5 Å². The average Bonchev–Trinajstić information content (AvgIpc) is 2.23. The van der Waals surface area contributed by atoms with Gasteiger partial charge in [-0.15, -0.1) is 39.5 Å². The molecule has 0 atom stereocenters. The third-order valence-corrected chi connectivity index (χ3v) is 1.31. The zero-order valence-electron chi connectivity index (χ0n) is 8.35. The van der Waals surface area contributed by atoms with Crippen molar-refractivity contribution in [3.63, 3.8) is 0 Å². The third-order valence-electron chi connectivity index (χ3n) is 0.387. The van der Waals surface area contributed by atoms with Crippen LogP contribution in [0.4, 0.5) is 0 Å². The molecule has 0 amide bonds. The zero-order valence-corrected chi connectivity index (χ0v) is 9.92. The summed E-state index contributed by atoms with van der Waals surface area (Å²) in [5, 5.41) is 8.00. The van der Waals surface area contributed by atoms with E-state index in [1.54, 1.807) is 0 Å². The van der Waals surface area contributed by atoms with Gasteiger partial charge >= 0.3 is 50.8 Å². The molecule has 0 fully saturated rings. The van der Waals surface area contributed by atoms with Crippen molar-refractivity contribution in [1.29, 1.82) is 0 Å². The average molecular weight is 244 g/mol. The number of aliphatic hydroxyl groups is 1. The van der Waals surface area contributed by atoms with Crippen molar-refractivity contribution >= 4 is 0 Å². The Morgan fingerprint density at radius 1 is 0.857 bits per heavy atom. The first-order valence-electron chi connectivity index (χ1n) is 3.48. The fraction of sp³-hybridized carbons (Fsp3) is 0.250. The van der Waals surface area contributed by atoms with Crippen molar-refractivity contribution in [2.75, 3.05) is 13.2 Å². The Bertz CT molecular complexity index is 89.5. The molecule has 0 aromatic carbocycles. The molecule has 0 aliphatic carbocycles. The maximum absolute atomic E-state index is 8.11. The molecular weight excluding hydrogens is 224 g/mol. The van der Waals surface area contributed by atoms with Crippen LogP contribution in [-0.4, -0.2) is 29.4 Å². The molecule has 6 heteroatoms. The van der Waals surface area contributed by atoms with E-state index in [4.69, 9.17) is 16.2 Å². The summed E-state index contributed by atoms with van der Waals surface area (Å²) < 4.78 is 28.3. The molecule has 0 saturated heterocycles. The van der Waals surface area contributed by atoms with E-state index in [0.29, 0.717) is 0 Å².